The van der Waals surface area contributed by atoms with Crippen molar-refractivity contribution >= 4 is 0 Å². The van der Waals surface area contributed by atoms with E-state index in [1.165, 1.54) is 18.2 Å². The Kier molecular flexibility index (Phi) is 4.47. The Hall–Kier alpha value is -1.14. The zero-order valence-electron chi connectivity index (χ0n) is 9.17. The molecule has 0 saturated carbocycles. The highest BCUT2D eigenvalue weighted by Gasteiger charge is 2.38. The molecule has 17 heavy (non-hydrogen) atoms. The van der Waals surface area contributed by atoms with Gasteiger partial charge in [0.25, 0.3) is 0 Å². The van der Waals surface area contributed by atoms with Gasteiger partial charge in [-0.15, -0.1) is 0 Å². The van der Waals surface area contributed by atoms with Crippen LogP contribution in [0.2, 0.25) is 0 Å². The molecule has 0 aliphatic heterocycles. The summed E-state index contributed by atoms with van der Waals surface area (Å²) in [7, 11) is 0. The summed E-state index contributed by atoms with van der Waals surface area (Å²) in [5.41, 5.74) is 5.34. The average Bonchev–Trinajstić information content (AvgIpc) is 2.25. The van der Waals surface area contributed by atoms with Gasteiger partial charge in [0.1, 0.15) is 5.82 Å². The number of alkyl halides is 3. The van der Waals surface area contributed by atoms with Gasteiger partial charge in [-0.05, 0) is 13.0 Å². The molecule has 2 N–H and O–H groups in total. The van der Waals surface area contributed by atoms with Crippen molar-refractivity contribution in [3.63, 3.8) is 0 Å². The maximum atomic E-state index is 13.4. The molecule has 0 aliphatic rings. The Labute approximate surface area is 96.4 Å². The van der Waals surface area contributed by atoms with E-state index < -0.39 is 24.2 Å². The fourth-order valence-corrected chi connectivity index (χ4v) is 1.32. The summed E-state index contributed by atoms with van der Waals surface area (Å²) < 4.78 is 55.0. The van der Waals surface area contributed by atoms with Gasteiger partial charge in [-0.25, -0.2) is 4.39 Å². The molecule has 0 amide bonds. The van der Waals surface area contributed by atoms with Crippen LogP contribution in [0.1, 0.15) is 18.6 Å². The van der Waals surface area contributed by atoms with Crippen LogP contribution in [0.4, 0.5) is 17.6 Å². The van der Waals surface area contributed by atoms with E-state index in [9.17, 15) is 17.6 Å². The SMILES string of the molecule is CC(OC(CN)c1ccccc1F)C(F)(F)F. The van der Waals surface area contributed by atoms with Crippen molar-refractivity contribution < 1.29 is 22.3 Å². The molecule has 0 radical (unpaired) electrons. The van der Waals surface area contributed by atoms with Gasteiger partial charge in [-0.1, -0.05) is 18.2 Å². The second-order valence-electron chi connectivity index (χ2n) is 3.57. The van der Waals surface area contributed by atoms with E-state index in [4.69, 9.17) is 10.5 Å². The molecule has 0 saturated heterocycles. The first-order valence-electron chi connectivity index (χ1n) is 5.03. The van der Waals surface area contributed by atoms with E-state index in [-0.39, 0.29) is 12.1 Å². The first-order chi connectivity index (χ1) is 7.86. The first kappa shape index (κ1) is 13.9. The third-order valence-electron chi connectivity index (χ3n) is 2.30. The van der Waals surface area contributed by atoms with Gasteiger partial charge < -0.3 is 10.5 Å². The highest BCUT2D eigenvalue weighted by molar-refractivity contribution is 5.20. The van der Waals surface area contributed by atoms with E-state index in [0.29, 0.717) is 0 Å². The number of hydrogen-bond donors (Lipinski definition) is 1. The molecule has 0 aromatic heterocycles. The van der Waals surface area contributed by atoms with Gasteiger partial charge >= 0.3 is 6.18 Å². The molecule has 1 aromatic rings. The Morgan fingerprint density at radius 1 is 1.29 bits per heavy atom. The van der Waals surface area contributed by atoms with Crippen LogP contribution in [0.5, 0.6) is 0 Å². The third kappa shape index (κ3) is 3.67. The van der Waals surface area contributed by atoms with Crippen LogP contribution in [-0.4, -0.2) is 18.8 Å². The third-order valence-corrected chi connectivity index (χ3v) is 2.30. The molecule has 0 bridgehead atoms. The molecule has 96 valence electrons. The van der Waals surface area contributed by atoms with Crippen molar-refractivity contribution in [2.75, 3.05) is 6.54 Å². The lowest BCUT2D eigenvalue weighted by molar-refractivity contribution is -0.227. The minimum atomic E-state index is -4.49. The summed E-state index contributed by atoms with van der Waals surface area (Å²) in [4.78, 5) is 0. The predicted octanol–water partition coefficient (Wildman–Crippen LogP) is 2.79. The predicted molar refractivity (Wildman–Crippen MR) is 54.8 cm³/mol. The Morgan fingerprint density at radius 2 is 1.88 bits per heavy atom. The summed E-state index contributed by atoms with van der Waals surface area (Å²) >= 11 is 0. The number of ether oxygens (including phenoxy) is 1. The molecule has 0 spiro atoms. The van der Waals surface area contributed by atoms with Gasteiger partial charge in [0.15, 0.2) is 6.10 Å². The van der Waals surface area contributed by atoms with Crippen LogP contribution in [0.15, 0.2) is 24.3 Å². The molecule has 0 fully saturated rings. The molecule has 2 nitrogen and oxygen atoms in total. The molecule has 2 atom stereocenters. The zero-order chi connectivity index (χ0) is 13.1. The maximum Gasteiger partial charge on any atom is 0.414 e. The number of rotatable bonds is 4. The van der Waals surface area contributed by atoms with Crippen LogP contribution < -0.4 is 5.73 Å². The van der Waals surface area contributed by atoms with Gasteiger partial charge in [-0.3, -0.25) is 0 Å². The molecule has 1 aromatic carbocycles. The maximum absolute atomic E-state index is 13.4. The molecule has 0 aliphatic carbocycles. The minimum absolute atomic E-state index is 0.0334. The molecular formula is C11H13F4NO. The Morgan fingerprint density at radius 3 is 2.35 bits per heavy atom. The van der Waals surface area contributed by atoms with Gasteiger partial charge in [-0.2, -0.15) is 13.2 Å². The number of hydrogen-bond acceptors (Lipinski definition) is 2. The highest BCUT2D eigenvalue weighted by Crippen LogP contribution is 2.28. The topological polar surface area (TPSA) is 35.2 Å². The number of nitrogens with two attached hydrogens (primary N) is 1. The smallest absolute Gasteiger partial charge is 0.360 e. The highest BCUT2D eigenvalue weighted by atomic mass is 19.4. The molecule has 1 rings (SSSR count). The van der Waals surface area contributed by atoms with Crippen LogP contribution in [0.3, 0.4) is 0 Å². The molecule has 2 unspecified atom stereocenters. The summed E-state index contributed by atoms with van der Waals surface area (Å²) in [6.07, 6.45) is -7.58. The molecule has 6 heteroatoms. The fourth-order valence-electron chi connectivity index (χ4n) is 1.32. The van der Waals surface area contributed by atoms with Crippen LogP contribution in [0, 0.1) is 5.82 Å². The van der Waals surface area contributed by atoms with E-state index in [1.54, 1.807) is 0 Å². The van der Waals surface area contributed by atoms with Crippen molar-refractivity contribution in [2.45, 2.75) is 25.3 Å². The summed E-state index contributed by atoms with van der Waals surface area (Å²) in [5.74, 6) is -0.627. The summed E-state index contributed by atoms with van der Waals surface area (Å²) in [6.45, 7) is 0.644. The lowest BCUT2D eigenvalue weighted by atomic mass is 10.1. The quantitative estimate of drug-likeness (QED) is 0.835. The van der Waals surface area contributed by atoms with E-state index in [1.807, 2.05) is 0 Å². The lowest BCUT2D eigenvalue weighted by Crippen LogP contribution is -2.32. The Bertz CT molecular complexity index is 367. The summed E-state index contributed by atoms with van der Waals surface area (Å²) in [5, 5.41) is 0. The lowest BCUT2D eigenvalue weighted by Gasteiger charge is -2.23. The van der Waals surface area contributed by atoms with E-state index in [0.717, 1.165) is 13.0 Å². The second-order valence-corrected chi connectivity index (χ2v) is 3.57. The normalized spacial score (nSPS) is 15.6. The fraction of sp³-hybridized carbons (Fsp3) is 0.455. The Balaban J connectivity index is 2.83. The van der Waals surface area contributed by atoms with Crippen LogP contribution in [0.25, 0.3) is 0 Å². The molecular weight excluding hydrogens is 238 g/mol. The minimum Gasteiger partial charge on any atom is -0.360 e. The largest absolute Gasteiger partial charge is 0.414 e. The average molecular weight is 251 g/mol. The van der Waals surface area contributed by atoms with Crippen molar-refractivity contribution in [2.24, 2.45) is 5.73 Å². The van der Waals surface area contributed by atoms with Gasteiger partial charge in [0.05, 0.1) is 6.10 Å². The van der Waals surface area contributed by atoms with Crippen molar-refractivity contribution in [3.05, 3.63) is 35.6 Å². The van der Waals surface area contributed by atoms with Crippen LogP contribution >= 0.6 is 0 Å². The van der Waals surface area contributed by atoms with E-state index in [2.05, 4.69) is 0 Å². The number of halogens is 4. The molecule has 0 heterocycles. The van der Waals surface area contributed by atoms with Crippen molar-refractivity contribution in [1.29, 1.82) is 0 Å². The standard InChI is InChI=1S/C11H13F4NO/c1-7(11(13,14)15)17-10(6-16)8-4-2-3-5-9(8)12/h2-5,7,10H,6,16H2,1H3. The van der Waals surface area contributed by atoms with Crippen molar-refractivity contribution in [3.8, 4) is 0 Å². The van der Waals surface area contributed by atoms with E-state index >= 15 is 0 Å². The van der Waals surface area contributed by atoms with Crippen molar-refractivity contribution in [1.82, 2.24) is 0 Å². The van der Waals surface area contributed by atoms with Gasteiger partial charge in [0, 0.05) is 12.1 Å². The van der Waals surface area contributed by atoms with Gasteiger partial charge in [0.2, 0.25) is 0 Å². The second kappa shape index (κ2) is 5.46. The first-order valence-corrected chi connectivity index (χ1v) is 5.03. The zero-order valence-corrected chi connectivity index (χ0v) is 9.17. The summed E-state index contributed by atoms with van der Waals surface area (Å²) in [6, 6.07) is 5.47. The monoisotopic (exact) mass is 251 g/mol. The number of benzene rings is 1. The van der Waals surface area contributed by atoms with Crippen LogP contribution in [-0.2, 0) is 4.74 Å².